The van der Waals surface area contributed by atoms with Crippen LogP contribution in [0.5, 0.6) is 5.75 Å². The highest BCUT2D eigenvalue weighted by molar-refractivity contribution is 5.95. The maximum absolute atomic E-state index is 13.1. The molecule has 0 heterocycles. The number of hydrogen-bond donors (Lipinski definition) is 0. The minimum Gasteiger partial charge on any atom is -0.496 e. The van der Waals surface area contributed by atoms with Crippen molar-refractivity contribution in [3.8, 4) is 5.75 Å². The molecule has 0 spiro atoms. The minimum atomic E-state index is 0.0320. The molecule has 27 heavy (non-hydrogen) atoms. The molecule has 3 rings (SSSR count). The highest BCUT2D eigenvalue weighted by Crippen LogP contribution is 2.21. The Morgan fingerprint density at radius 3 is 2.19 bits per heavy atom. The van der Waals surface area contributed by atoms with E-state index in [1.54, 1.807) is 12.0 Å². The molecule has 3 nitrogen and oxygen atoms in total. The molecule has 138 valence electrons. The highest BCUT2D eigenvalue weighted by atomic mass is 16.5. The van der Waals surface area contributed by atoms with Crippen molar-refractivity contribution in [2.75, 3.05) is 14.2 Å². The van der Waals surface area contributed by atoms with Gasteiger partial charge in [-0.1, -0.05) is 66.7 Å². The number of methoxy groups -OCH3 is 1. The van der Waals surface area contributed by atoms with Crippen LogP contribution in [0.15, 0.2) is 78.9 Å². The minimum absolute atomic E-state index is 0.0320. The molecule has 3 heteroatoms. The molecule has 0 unspecified atom stereocenters. The fraction of sp³-hybridized carbons (Fsp3) is 0.208. The van der Waals surface area contributed by atoms with Crippen molar-refractivity contribution < 1.29 is 9.53 Å². The third-order valence-electron chi connectivity index (χ3n) is 4.72. The number of nitrogens with zero attached hydrogens (tertiary/aromatic N) is 1. The highest BCUT2D eigenvalue weighted by Gasteiger charge is 2.17. The Labute approximate surface area is 161 Å². The van der Waals surface area contributed by atoms with Gasteiger partial charge < -0.3 is 9.64 Å². The quantitative estimate of drug-likeness (QED) is 0.609. The third kappa shape index (κ3) is 4.76. The number of carbonyl (C=O) groups is 1. The first-order valence-corrected chi connectivity index (χ1v) is 9.18. The molecule has 1 amide bonds. The number of para-hydroxylation sites is 1. The topological polar surface area (TPSA) is 29.5 Å². The fourth-order valence-electron chi connectivity index (χ4n) is 3.24. The molecule has 0 radical (unpaired) electrons. The van der Waals surface area contributed by atoms with Gasteiger partial charge in [-0.05, 0) is 36.1 Å². The zero-order valence-electron chi connectivity index (χ0n) is 15.9. The molecule has 0 fully saturated rings. The SMILES string of the molecule is COc1ccccc1CN(C)C(=O)c1ccccc1CCc1ccccc1. The van der Waals surface area contributed by atoms with E-state index in [-0.39, 0.29) is 5.91 Å². The van der Waals surface area contributed by atoms with Gasteiger partial charge in [-0.3, -0.25) is 4.79 Å². The van der Waals surface area contributed by atoms with Crippen LogP contribution in [0.3, 0.4) is 0 Å². The van der Waals surface area contributed by atoms with Crippen LogP contribution in [0.2, 0.25) is 0 Å². The normalized spacial score (nSPS) is 10.4. The Kier molecular flexibility index (Phi) is 6.26. The van der Waals surface area contributed by atoms with E-state index in [0.29, 0.717) is 6.54 Å². The largest absolute Gasteiger partial charge is 0.496 e. The molecule has 0 saturated heterocycles. The zero-order valence-corrected chi connectivity index (χ0v) is 15.9. The van der Waals surface area contributed by atoms with Crippen molar-refractivity contribution >= 4 is 5.91 Å². The van der Waals surface area contributed by atoms with Gasteiger partial charge in [0.1, 0.15) is 5.75 Å². The number of ether oxygens (including phenoxy) is 1. The van der Waals surface area contributed by atoms with Gasteiger partial charge in [0.25, 0.3) is 5.91 Å². The van der Waals surface area contributed by atoms with Gasteiger partial charge in [-0.2, -0.15) is 0 Å². The van der Waals surface area contributed by atoms with E-state index in [4.69, 9.17) is 4.74 Å². The van der Waals surface area contributed by atoms with Crippen molar-refractivity contribution in [2.24, 2.45) is 0 Å². The lowest BCUT2D eigenvalue weighted by molar-refractivity contribution is 0.0783. The van der Waals surface area contributed by atoms with Gasteiger partial charge in [0.05, 0.1) is 7.11 Å². The van der Waals surface area contributed by atoms with Crippen LogP contribution in [0.25, 0.3) is 0 Å². The average molecular weight is 359 g/mol. The fourth-order valence-corrected chi connectivity index (χ4v) is 3.24. The second-order valence-electron chi connectivity index (χ2n) is 6.62. The van der Waals surface area contributed by atoms with Gasteiger partial charge in [-0.25, -0.2) is 0 Å². The summed E-state index contributed by atoms with van der Waals surface area (Å²) in [6, 6.07) is 26.1. The average Bonchev–Trinajstić information content (AvgIpc) is 2.73. The first-order chi connectivity index (χ1) is 13.2. The Balaban J connectivity index is 1.74. The monoisotopic (exact) mass is 359 g/mol. The first-order valence-electron chi connectivity index (χ1n) is 9.18. The Bertz CT molecular complexity index is 890. The lowest BCUT2D eigenvalue weighted by Crippen LogP contribution is -2.27. The van der Waals surface area contributed by atoms with E-state index >= 15 is 0 Å². The summed E-state index contributed by atoms with van der Waals surface area (Å²) in [5, 5.41) is 0. The van der Waals surface area contributed by atoms with E-state index in [1.807, 2.05) is 73.8 Å². The van der Waals surface area contributed by atoms with Crippen LogP contribution in [0.1, 0.15) is 27.0 Å². The molecule has 0 atom stereocenters. The van der Waals surface area contributed by atoms with E-state index < -0.39 is 0 Å². The maximum Gasteiger partial charge on any atom is 0.254 e. The summed E-state index contributed by atoms with van der Waals surface area (Å²) in [4.78, 5) is 14.8. The summed E-state index contributed by atoms with van der Waals surface area (Å²) in [6.45, 7) is 0.510. The van der Waals surface area contributed by atoms with Gasteiger partial charge in [0, 0.05) is 24.7 Å². The zero-order chi connectivity index (χ0) is 19.1. The Morgan fingerprint density at radius 2 is 1.44 bits per heavy atom. The van der Waals surface area contributed by atoms with E-state index in [0.717, 1.165) is 35.3 Å². The first kappa shape index (κ1) is 18.7. The Hall–Kier alpha value is -3.07. The van der Waals surface area contributed by atoms with Crippen LogP contribution in [-0.4, -0.2) is 25.0 Å². The van der Waals surface area contributed by atoms with Crippen LogP contribution in [-0.2, 0) is 19.4 Å². The van der Waals surface area contributed by atoms with Crippen molar-refractivity contribution in [2.45, 2.75) is 19.4 Å². The van der Waals surface area contributed by atoms with Crippen molar-refractivity contribution in [3.05, 3.63) is 101 Å². The smallest absolute Gasteiger partial charge is 0.254 e. The van der Waals surface area contributed by atoms with Gasteiger partial charge in [0.2, 0.25) is 0 Å². The number of rotatable bonds is 7. The summed E-state index contributed by atoms with van der Waals surface area (Å²) >= 11 is 0. The number of aryl methyl sites for hydroxylation is 2. The Morgan fingerprint density at radius 1 is 0.815 bits per heavy atom. The van der Waals surface area contributed by atoms with Crippen LogP contribution < -0.4 is 4.74 Å². The van der Waals surface area contributed by atoms with E-state index in [2.05, 4.69) is 12.1 Å². The predicted molar refractivity (Wildman–Crippen MR) is 109 cm³/mol. The molecular weight excluding hydrogens is 334 g/mol. The molecule has 0 bridgehead atoms. The maximum atomic E-state index is 13.1. The van der Waals surface area contributed by atoms with Gasteiger partial charge >= 0.3 is 0 Å². The van der Waals surface area contributed by atoms with Crippen molar-refractivity contribution in [1.82, 2.24) is 4.90 Å². The van der Waals surface area contributed by atoms with Crippen LogP contribution in [0, 0.1) is 0 Å². The molecule has 3 aromatic rings. The molecule has 0 N–H and O–H groups in total. The standard InChI is InChI=1S/C24H25NO2/c1-25(18-21-13-7-9-15-23(21)27-2)24(26)22-14-8-6-12-20(22)17-16-19-10-4-3-5-11-19/h3-15H,16-18H2,1-2H3. The molecule has 0 aliphatic heterocycles. The second-order valence-corrected chi connectivity index (χ2v) is 6.62. The second kappa shape index (κ2) is 9.04. The number of hydrogen-bond acceptors (Lipinski definition) is 2. The lowest BCUT2D eigenvalue weighted by atomic mass is 9.99. The predicted octanol–water partition coefficient (Wildman–Crippen LogP) is 4.75. The lowest BCUT2D eigenvalue weighted by Gasteiger charge is -2.20. The summed E-state index contributed by atoms with van der Waals surface area (Å²) in [7, 11) is 3.49. The van der Waals surface area contributed by atoms with Gasteiger partial charge in [-0.15, -0.1) is 0 Å². The molecule has 0 aliphatic rings. The van der Waals surface area contributed by atoms with Crippen LogP contribution in [0.4, 0.5) is 0 Å². The molecular formula is C24H25NO2. The molecule has 0 aromatic heterocycles. The summed E-state index contributed by atoms with van der Waals surface area (Å²) in [5.41, 5.74) is 4.13. The molecule has 0 aliphatic carbocycles. The third-order valence-corrected chi connectivity index (χ3v) is 4.72. The molecule has 0 saturated carbocycles. The van der Waals surface area contributed by atoms with Crippen LogP contribution >= 0.6 is 0 Å². The summed E-state index contributed by atoms with van der Waals surface area (Å²) in [5.74, 6) is 0.832. The van der Waals surface area contributed by atoms with Crippen molar-refractivity contribution in [1.29, 1.82) is 0 Å². The van der Waals surface area contributed by atoms with Crippen molar-refractivity contribution in [3.63, 3.8) is 0 Å². The molecule has 3 aromatic carbocycles. The number of amides is 1. The number of carbonyl (C=O) groups excluding carboxylic acids is 1. The summed E-state index contributed by atoms with van der Waals surface area (Å²) < 4.78 is 5.40. The van der Waals surface area contributed by atoms with E-state index in [1.165, 1.54) is 5.56 Å². The van der Waals surface area contributed by atoms with Gasteiger partial charge in [0.15, 0.2) is 0 Å². The van der Waals surface area contributed by atoms with E-state index in [9.17, 15) is 4.79 Å². The summed E-state index contributed by atoms with van der Waals surface area (Å²) in [6.07, 6.45) is 1.76. The number of benzene rings is 3.